The molecule has 1 unspecified atom stereocenters. The Bertz CT molecular complexity index is 343. The molecule has 1 aromatic carbocycles. The van der Waals surface area contributed by atoms with E-state index < -0.39 is 0 Å². The molecule has 68 valence electrons. The van der Waals surface area contributed by atoms with Gasteiger partial charge in [0.15, 0.2) is 0 Å². The summed E-state index contributed by atoms with van der Waals surface area (Å²) < 4.78 is 1.12. The Morgan fingerprint density at radius 2 is 2.31 bits per heavy atom. The van der Waals surface area contributed by atoms with Gasteiger partial charge < -0.3 is 5.32 Å². The maximum absolute atomic E-state index is 5.88. The molecular formula is C10H9ClIN. The third-order valence-corrected chi connectivity index (χ3v) is 2.94. The highest BCUT2D eigenvalue weighted by Crippen LogP contribution is 2.23. The number of benzene rings is 1. The van der Waals surface area contributed by atoms with Gasteiger partial charge >= 0.3 is 0 Å². The first-order valence-corrected chi connectivity index (χ1v) is 5.23. The van der Waals surface area contributed by atoms with Crippen LogP contribution in [0.3, 0.4) is 0 Å². The highest BCUT2D eigenvalue weighted by molar-refractivity contribution is 14.1. The smallest absolute Gasteiger partial charge is 0.0951 e. The fraction of sp³-hybridized carbons (Fsp3) is 0.200. The number of hydrogen-bond acceptors (Lipinski definition) is 1. The average Bonchev–Trinajstić information content (AvgIpc) is 2.13. The normalized spacial score (nSPS) is 12.2. The average molecular weight is 306 g/mol. The first-order chi connectivity index (χ1) is 6.19. The van der Waals surface area contributed by atoms with Gasteiger partial charge in [0.25, 0.3) is 0 Å². The minimum Gasteiger partial charge on any atom is -0.303 e. The summed E-state index contributed by atoms with van der Waals surface area (Å²) in [5.41, 5.74) is 1.05. The second-order valence-corrected chi connectivity index (χ2v) is 4.15. The van der Waals surface area contributed by atoms with Gasteiger partial charge in [-0.25, -0.2) is 0 Å². The highest BCUT2D eigenvalue weighted by Gasteiger charge is 2.09. The van der Waals surface area contributed by atoms with Gasteiger partial charge in [-0.2, -0.15) is 0 Å². The minimum atomic E-state index is -0.0643. The van der Waals surface area contributed by atoms with Crippen molar-refractivity contribution in [3.63, 3.8) is 0 Å². The van der Waals surface area contributed by atoms with Crippen LogP contribution in [0.25, 0.3) is 0 Å². The fourth-order valence-electron chi connectivity index (χ4n) is 1.06. The van der Waals surface area contributed by atoms with Crippen LogP contribution in [0, 0.1) is 15.9 Å². The van der Waals surface area contributed by atoms with Crippen molar-refractivity contribution < 1.29 is 0 Å². The molecule has 1 rings (SSSR count). The molecule has 0 aliphatic carbocycles. The summed E-state index contributed by atoms with van der Waals surface area (Å²) in [6.45, 7) is 0. The SMILES string of the molecule is C#CC(NC)c1cc(Cl)ccc1I. The summed E-state index contributed by atoms with van der Waals surface area (Å²) in [5.74, 6) is 2.66. The molecule has 0 aromatic heterocycles. The summed E-state index contributed by atoms with van der Waals surface area (Å²) >= 11 is 8.12. The van der Waals surface area contributed by atoms with Crippen LogP contribution in [0.1, 0.15) is 11.6 Å². The number of halogens is 2. The van der Waals surface area contributed by atoms with E-state index in [-0.39, 0.29) is 6.04 Å². The number of terminal acetylenes is 1. The third kappa shape index (κ3) is 2.60. The maximum Gasteiger partial charge on any atom is 0.0951 e. The second kappa shape index (κ2) is 4.85. The van der Waals surface area contributed by atoms with Gasteiger partial charge in [-0.15, -0.1) is 6.42 Å². The number of rotatable bonds is 2. The predicted octanol–water partition coefficient (Wildman–Crippen LogP) is 2.84. The van der Waals surface area contributed by atoms with Crippen molar-refractivity contribution in [2.24, 2.45) is 0 Å². The molecule has 1 N–H and O–H groups in total. The largest absolute Gasteiger partial charge is 0.303 e. The fourth-order valence-corrected chi connectivity index (χ4v) is 1.89. The third-order valence-electron chi connectivity index (χ3n) is 1.72. The number of hydrogen-bond donors (Lipinski definition) is 1. The van der Waals surface area contributed by atoms with Crippen LogP contribution >= 0.6 is 34.2 Å². The molecule has 0 saturated heterocycles. The standard InChI is InChI=1S/C10H9ClIN/c1-3-10(13-2)8-6-7(11)4-5-9(8)12/h1,4-6,10,13H,2H3. The molecule has 0 saturated carbocycles. The molecule has 0 amide bonds. The van der Waals surface area contributed by atoms with Gasteiger partial charge in [-0.3, -0.25) is 0 Å². The summed E-state index contributed by atoms with van der Waals surface area (Å²) in [4.78, 5) is 0. The quantitative estimate of drug-likeness (QED) is 0.654. The van der Waals surface area contributed by atoms with Crippen molar-refractivity contribution in [3.05, 3.63) is 32.4 Å². The summed E-state index contributed by atoms with van der Waals surface area (Å²) in [6, 6.07) is 5.64. The summed E-state index contributed by atoms with van der Waals surface area (Å²) in [7, 11) is 1.83. The van der Waals surface area contributed by atoms with Crippen LogP contribution in [0.2, 0.25) is 5.02 Å². The summed E-state index contributed by atoms with van der Waals surface area (Å²) in [6.07, 6.45) is 5.38. The highest BCUT2D eigenvalue weighted by atomic mass is 127. The first-order valence-electron chi connectivity index (χ1n) is 3.77. The van der Waals surface area contributed by atoms with Gasteiger partial charge in [0.2, 0.25) is 0 Å². The molecule has 0 aliphatic heterocycles. The van der Waals surface area contributed by atoms with Crippen molar-refractivity contribution in [3.8, 4) is 12.3 Å². The van der Waals surface area contributed by atoms with E-state index in [1.807, 2.05) is 25.2 Å². The lowest BCUT2D eigenvalue weighted by atomic mass is 10.1. The zero-order valence-corrected chi connectivity index (χ0v) is 10.1. The van der Waals surface area contributed by atoms with Crippen LogP contribution in [0.15, 0.2) is 18.2 Å². The van der Waals surface area contributed by atoms with E-state index in [1.54, 1.807) is 0 Å². The lowest BCUT2D eigenvalue weighted by Gasteiger charge is -2.11. The van der Waals surface area contributed by atoms with E-state index in [2.05, 4.69) is 33.8 Å². The van der Waals surface area contributed by atoms with Crippen molar-refractivity contribution in [2.45, 2.75) is 6.04 Å². The molecule has 3 heteroatoms. The Hall–Kier alpha value is -0.240. The van der Waals surface area contributed by atoms with Gasteiger partial charge in [0, 0.05) is 8.59 Å². The van der Waals surface area contributed by atoms with Crippen LogP contribution < -0.4 is 5.32 Å². The van der Waals surface area contributed by atoms with Gasteiger partial charge in [-0.05, 0) is 53.4 Å². The Kier molecular flexibility index (Phi) is 4.04. The topological polar surface area (TPSA) is 12.0 Å². The maximum atomic E-state index is 5.88. The molecule has 0 spiro atoms. The molecule has 0 aliphatic rings. The van der Waals surface area contributed by atoms with Crippen LogP contribution in [0.4, 0.5) is 0 Å². The molecular weight excluding hydrogens is 296 g/mol. The first kappa shape index (κ1) is 10.8. The zero-order chi connectivity index (χ0) is 9.84. The van der Waals surface area contributed by atoms with Crippen molar-refractivity contribution in [1.82, 2.24) is 5.32 Å². The van der Waals surface area contributed by atoms with Gasteiger partial charge in [0.05, 0.1) is 6.04 Å². The Morgan fingerprint density at radius 1 is 1.62 bits per heavy atom. The minimum absolute atomic E-state index is 0.0643. The lowest BCUT2D eigenvalue weighted by Crippen LogP contribution is -2.15. The predicted molar refractivity (Wildman–Crippen MR) is 64.8 cm³/mol. The van der Waals surface area contributed by atoms with Crippen molar-refractivity contribution in [2.75, 3.05) is 7.05 Å². The Labute approximate surface area is 97.0 Å². The van der Waals surface area contributed by atoms with E-state index >= 15 is 0 Å². The monoisotopic (exact) mass is 305 g/mol. The van der Waals surface area contributed by atoms with Crippen molar-refractivity contribution in [1.29, 1.82) is 0 Å². The molecule has 1 nitrogen and oxygen atoms in total. The molecule has 0 heterocycles. The van der Waals surface area contributed by atoms with E-state index in [1.165, 1.54) is 0 Å². The van der Waals surface area contributed by atoms with Crippen LogP contribution in [-0.2, 0) is 0 Å². The lowest BCUT2D eigenvalue weighted by molar-refractivity contribution is 0.733. The molecule has 1 atom stereocenters. The Morgan fingerprint density at radius 3 is 2.85 bits per heavy atom. The molecule has 1 aromatic rings. The van der Waals surface area contributed by atoms with Crippen LogP contribution in [-0.4, -0.2) is 7.05 Å². The molecule has 0 radical (unpaired) electrons. The molecule has 0 bridgehead atoms. The van der Waals surface area contributed by atoms with Gasteiger partial charge in [0.1, 0.15) is 0 Å². The van der Waals surface area contributed by atoms with E-state index in [9.17, 15) is 0 Å². The van der Waals surface area contributed by atoms with Crippen LogP contribution in [0.5, 0.6) is 0 Å². The molecule has 13 heavy (non-hydrogen) atoms. The van der Waals surface area contributed by atoms with E-state index in [4.69, 9.17) is 18.0 Å². The molecule has 0 fully saturated rings. The van der Waals surface area contributed by atoms with Gasteiger partial charge in [-0.1, -0.05) is 17.5 Å². The zero-order valence-electron chi connectivity index (χ0n) is 7.14. The van der Waals surface area contributed by atoms with E-state index in [0.29, 0.717) is 5.02 Å². The van der Waals surface area contributed by atoms with Crippen molar-refractivity contribution >= 4 is 34.2 Å². The van der Waals surface area contributed by atoms with E-state index in [0.717, 1.165) is 9.13 Å². The second-order valence-electron chi connectivity index (χ2n) is 2.55. The number of nitrogens with one attached hydrogen (secondary N) is 1. The Balaban J connectivity index is 3.13. The summed E-state index contributed by atoms with van der Waals surface area (Å²) in [5, 5.41) is 3.75.